The lowest BCUT2D eigenvalue weighted by Crippen LogP contribution is -2.43. The van der Waals surface area contributed by atoms with E-state index in [1.54, 1.807) is 0 Å². The van der Waals surface area contributed by atoms with E-state index in [1.165, 1.54) is 11.9 Å². The zero-order valence-electron chi connectivity index (χ0n) is 10.8. The molecule has 1 fully saturated rings. The molecular weight excluding hydrogens is 250 g/mol. The molecule has 0 aromatic carbocycles. The van der Waals surface area contributed by atoms with Gasteiger partial charge in [-0.1, -0.05) is 0 Å². The molecule has 1 aliphatic carbocycles. The second kappa shape index (κ2) is 5.38. The first kappa shape index (κ1) is 13.5. The van der Waals surface area contributed by atoms with Crippen LogP contribution in [0, 0.1) is 5.92 Å². The van der Waals surface area contributed by atoms with E-state index in [1.807, 2.05) is 0 Å². The SMILES string of the molecule is CN1N=C(C(=O)N(CC(=O)O)CC2CC2)CCC1=O. The maximum absolute atomic E-state index is 12.2. The number of aliphatic carboxylic acids is 1. The Kier molecular flexibility index (Phi) is 3.82. The zero-order valence-corrected chi connectivity index (χ0v) is 10.8. The fourth-order valence-electron chi connectivity index (χ4n) is 2.00. The smallest absolute Gasteiger partial charge is 0.323 e. The largest absolute Gasteiger partial charge is 0.480 e. The van der Waals surface area contributed by atoms with Crippen LogP contribution >= 0.6 is 0 Å². The Labute approximate surface area is 110 Å². The summed E-state index contributed by atoms with van der Waals surface area (Å²) in [7, 11) is 1.50. The molecule has 2 rings (SSSR count). The minimum Gasteiger partial charge on any atom is -0.480 e. The molecule has 0 atom stereocenters. The molecule has 0 spiro atoms. The summed E-state index contributed by atoms with van der Waals surface area (Å²) in [6, 6.07) is 0. The lowest BCUT2D eigenvalue weighted by atomic mass is 10.1. The van der Waals surface area contributed by atoms with E-state index in [0.717, 1.165) is 17.9 Å². The fourth-order valence-corrected chi connectivity index (χ4v) is 2.00. The molecule has 0 saturated heterocycles. The minimum absolute atomic E-state index is 0.136. The Bertz CT molecular complexity index is 442. The topological polar surface area (TPSA) is 90.3 Å². The quantitative estimate of drug-likeness (QED) is 0.754. The number of carbonyl (C=O) groups excluding carboxylic acids is 2. The lowest BCUT2D eigenvalue weighted by molar-refractivity contribution is -0.142. The van der Waals surface area contributed by atoms with Crippen LogP contribution in [-0.2, 0) is 14.4 Å². The van der Waals surface area contributed by atoms with Crippen molar-refractivity contribution in [1.82, 2.24) is 9.91 Å². The van der Waals surface area contributed by atoms with Gasteiger partial charge in [0.25, 0.3) is 5.91 Å². The molecule has 1 aliphatic heterocycles. The summed E-state index contributed by atoms with van der Waals surface area (Å²) in [5.74, 6) is -1.13. The summed E-state index contributed by atoms with van der Waals surface area (Å²) in [6.07, 6.45) is 2.59. The van der Waals surface area contributed by atoms with Crippen molar-refractivity contribution in [3.63, 3.8) is 0 Å². The van der Waals surface area contributed by atoms with E-state index < -0.39 is 5.97 Å². The van der Waals surface area contributed by atoms with Crippen LogP contribution in [0.15, 0.2) is 5.10 Å². The average molecular weight is 267 g/mol. The molecule has 0 unspecified atom stereocenters. The van der Waals surface area contributed by atoms with E-state index in [-0.39, 0.29) is 36.9 Å². The number of nitrogens with zero attached hydrogens (tertiary/aromatic N) is 3. The molecule has 2 amide bonds. The molecule has 7 nitrogen and oxygen atoms in total. The number of hydrogen-bond acceptors (Lipinski definition) is 4. The highest BCUT2D eigenvalue weighted by molar-refractivity contribution is 6.39. The Hall–Kier alpha value is -1.92. The van der Waals surface area contributed by atoms with Crippen molar-refractivity contribution >= 4 is 23.5 Å². The number of rotatable bonds is 5. The highest BCUT2D eigenvalue weighted by Gasteiger charge is 2.31. The molecule has 0 aromatic heterocycles. The Morgan fingerprint density at radius 1 is 1.42 bits per heavy atom. The van der Waals surface area contributed by atoms with Gasteiger partial charge in [0.05, 0.1) is 0 Å². The van der Waals surface area contributed by atoms with Crippen LogP contribution in [0.5, 0.6) is 0 Å². The molecular formula is C12H17N3O4. The van der Waals surface area contributed by atoms with Crippen LogP contribution in [-0.4, -0.2) is 58.6 Å². The summed E-state index contributed by atoms with van der Waals surface area (Å²) in [5.41, 5.74) is 0.268. The maximum atomic E-state index is 12.2. The van der Waals surface area contributed by atoms with Gasteiger partial charge in [0.1, 0.15) is 12.3 Å². The van der Waals surface area contributed by atoms with Crippen molar-refractivity contribution < 1.29 is 19.5 Å². The Balaban J connectivity index is 2.07. The van der Waals surface area contributed by atoms with Gasteiger partial charge in [-0.25, -0.2) is 5.01 Å². The standard InChI is InChI=1S/C12H17N3O4/c1-14-10(16)5-4-9(13-14)12(19)15(7-11(17)18)6-8-2-3-8/h8H,2-7H2,1H3,(H,17,18). The van der Waals surface area contributed by atoms with Crippen molar-refractivity contribution in [3.05, 3.63) is 0 Å². The maximum Gasteiger partial charge on any atom is 0.323 e. The van der Waals surface area contributed by atoms with Crippen molar-refractivity contribution in [1.29, 1.82) is 0 Å². The van der Waals surface area contributed by atoms with Crippen molar-refractivity contribution in [2.24, 2.45) is 11.0 Å². The molecule has 2 aliphatic rings. The predicted molar refractivity (Wildman–Crippen MR) is 66.4 cm³/mol. The van der Waals surface area contributed by atoms with E-state index in [4.69, 9.17) is 5.11 Å². The number of hydrogen-bond donors (Lipinski definition) is 1. The van der Waals surface area contributed by atoms with Gasteiger partial charge in [0, 0.05) is 26.4 Å². The lowest BCUT2D eigenvalue weighted by Gasteiger charge is -2.24. The minimum atomic E-state index is -1.03. The van der Waals surface area contributed by atoms with E-state index in [2.05, 4.69) is 5.10 Å². The second-order valence-electron chi connectivity index (χ2n) is 4.99. The first-order valence-electron chi connectivity index (χ1n) is 6.32. The van der Waals surface area contributed by atoms with Crippen LogP contribution < -0.4 is 0 Å². The third kappa shape index (κ3) is 3.52. The summed E-state index contributed by atoms with van der Waals surface area (Å²) >= 11 is 0. The molecule has 0 radical (unpaired) electrons. The zero-order chi connectivity index (χ0) is 14.0. The monoisotopic (exact) mass is 267 g/mol. The first-order chi connectivity index (χ1) is 8.97. The van der Waals surface area contributed by atoms with Gasteiger partial charge < -0.3 is 10.0 Å². The predicted octanol–water partition coefficient (Wildman–Crippen LogP) is -0.0822. The summed E-state index contributed by atoms with van der Waals surface area (Å²) in [5, 5.41) is 13.9. The van der Waals surface area contributed by atoms with E-state index >= 15 is 0 Å². The van der Waals surface area contributed by atoms with Crippen LogP contribution in [0.2, 0.25) is 0 Å². The number of hydrazone groups is 1. The van der Waals surface area contributed by atoms with Crippen LogP contribution in [0.25, 0.3) is 0 Å². The van der Waals surface area contributed by atoms with Crippen molar-refractivity contribution in [2.45, 2.75) is 25.7 Å². The van der Waals surface area contributed by atoms with E-state index in [9.17, 15) is 14.4 Å². The summed E-state index contributed by atoms with van der Waals surface area (Å²) in [6.45, 7) is 0.147. The van der Waals surface area contributed by atoms with Gasteiger partial charge >= 0.3 is 5.97 Å². The molecule has 0 bridgehead atoms. The third-order valence-corrected chi connectivity index (χ3v) is 3.24. The number of carboxylic acid groups (broad SMARTS) is 1. The molecule has 0 aromatic rings. The normalized spacial score (nSPS) is 19.1. The molecule has 1 N–H and O–H groups in total. The molecule has 104 valence electrons. The summed E-state index contributed by atoms with van der Waals surface area (Å²) in [4.78, 5) is 35.7. The van der Waals surface area contributed by atoms with Crippen molar-refractivity contribution in [2.75, 3.05) is 20.1 Å². The fraction of sp³-hybridized carbons (Fsp3) is 0.667. The van der Waals surface area contributed by atoms with Gasteiger partial charge in [-0.05, 0) is 18.8 Å². The molecule has 7 heteroatoms. The summed E-state index contributed by atoms with van der Waals surface area (Å²) < 4.78 is 0. The molecule has 1 heterocycles. The average Bonchev–Trinajstić information content (AvgIpc) is 3.14. The third-order valence-electron chi connectivity index (χ3n) is 3.24. The van der Waals surface area contributed by atoms with Crippen LogP contribution in [0.4, 0.5) is 0 Å². The Morgan fingerprint density at radius 3 is 2.63 bits per heavy atom. The molecule has 19 heavy (non-hydrogen) atoms. The van der Waals surface area contributed by atoms with Gasteiger partial charge in [0.2, 0.25) is 5.91 Å². The first-order valence-corrected chi connectivity index (χ1v) is 6.32. The molecule has 1 saturated carbocycles. The van der Waals surface area contributed by atoms with E-state index in [0.29, 0.717) is 12.5 Å². The van der Waals surface area contributed by atoms with Crippen molar-refractivity contribution in [3.8, 4) is 0 Å². The van der Waals surface area contributed by atoms with Crippen LogP contribution in [0.3, 0.4) is 0 Å². The second-order valence-corrected chi connectivity index (χ2v) is 4.99. The number of carboxylic acids is 1. The highest BCUT2D eigenvalue weighted by atomic mass is 16.4. The van der Waals surface area contributed by atoms with Gasteiger partial charge in [-0.15, -0.1) is 0 Å². The van der Waals surface area contributed by atoms with Gasteiger partial charge in [-0.3, -0.25) is 14.4 Å². The number of carbonyl (C=O) groups is 3. The van der Waals surface area contributed by atoms with Gasteiger partial charge in [0.15, 0.2) is 0 Å². The van der Waals surface area contributed by atoms with Gasteiger partial charge in [-0.2, -0.15) is 5.10 Å². The highest BCUT2D eigenvalue weighted by Crippen LogP contribution is 2.29. The van der Waals surface area contributed by atoms with Crippen LogP contribution in [0.1, 0.15) is 25.7 Å². The Morgan fingerprint density at radius 2 is 2.11 bits per heavy atom. The number of amides is 2.